The van der Waals surface area contributed by atoms with Crippen LogP contribution in [0.15, 0.2) is 35.7 Å². The van der Waals surface area contributed by atoms with Crippen LogP contribution in [-0.2, 0) is 17.9 Å². The first-order valence-corrected chi connectivity index (χ1v) is 10.3. The Bertz CT molecular complexity index is 717. The highest BCUT2D eigenvalue weighted by atomic mass is 32.1. The Morgan fingerprint density at radius 2 is 1.89 bits per heavy atom. The minimum Gasteiger partial charge on any atom is -0.454 e. The SMILES string of the molecule is OC(COCc1ccc2c(c1)OCO2)CN1CCN(Cc2cccs2)CC1. The number of β-amino-alcohol motifs (C(OH)–C–C–N with tert-alkyl or cyclic N) is 1. The number of nitrogens with zero attached hydrogens (tertiary/aromatic N) is 2. The standard InChI is InChI=1S/C20H26N2O4S/c23-17(14-24-13-16-3-4-19-20(10-16)26-15-25-19)11-21-5-7-22(8-6-21)12-18-2-1-9-27-18/h1-4,9-10,17,23H,5-8,11-15H2. The highest BCUT2D eigenvalue weighted by Gasteiger charge is 2.20. The van der Waals surface area contributed by atoms with E-state index in [9.17, 15) is 5.11 Å². The smallest absolute Gasteiger partial charge is 0.231 e. The van der Waals surface area contributed by atoms with E-state index in [4.69, 9.17) is 14.2 Å². The minimum absolute atomic E-state index is 0.277. The van der Waals surface area contributed by atoms with E-state index in [-0.39, 0.29) is 6.79 Å². The summed E-state index contributed by atoms with van der Waals surface area (Å²) in [6, 6.07) is 10.1. The minimum atomic E-state index is -0.470. The second-order valence-corrected chi connectivity index (χ2v) is 8.04. The molecule has 2 aliphatic rings. The quantitative estimate of drug-likeness (QED) is 0.746. The maximum Gasteiger partial charge on any atom is 0.231 e. The van der Waals surface area contributed by atoms with Gasteiger partial charge in [0.15, 0.2) is 11.5 Å². The van der Waals surface area contributed by atoms with E-state index in [1.807, 2.05) is 29.5 Å². The summed E-state index contributed by atoms with van der Waals surface area (Å²) in [4.78, 5) is 6.21. The second-order valence-electron chi connectivity index (χ2n) is 7.01. The van der Waals surface area contributed by atoms with E-state index in [1.165, 1.54) is 4.88 Å². The molecule has 2 aromatic rings. The number of rotatable bonds is 8. The molecule has 6 nitrogen and oxygen atoms in total. The van der Waals surface area contributed by atoms with Crippen LogP contribution < -0.4 is 9.47 Å². The van der Waals surface area contributed by atoms with E-state index >= 15 is 0 Å². The molecule has 0 bridgehead atoms. The largest absolute Gasteiger partial charge is 0.454 e. The van der Waals surface area contributed by atoms with Crippen LogP contribution in [0.1, 0.15) is 10.4 Å². The first-order chi connectivity index (χ1) is 13.3. The molecule has 3 heterocycles. The fourth-order valence-electron chi connectivity index (χ4n) is 3.45. The summed E-state index contributed by atoms with van der Waals surface area (Å²) in [6.07, 6.45) is -0.470. The molecule has 0 radical (unpaired) electrons. The molecule has 1 saturated heterocycles. The predicted octanol–water partition coefficient (Wildman–Crippen LogP) is 2.17. The molecular formula is C20H26N2O4S. The van der Waals surface area contributed by atoms with Crippen molar-refractivity contribution in [1.29, 1.82) is 0 Å². The molecule has 146 valence electrons. The van der Waals surface area contributed by atoms with Gasteiger partial charge >= 0.3 is 0 Å². The number of hydrogen-bond acceptors (Lipinski definition) is 7. The molecule has 1 aromatic heterocycles. The molecule has 4 rings (SSSR count). The topological polar surface area (TPSA) is 54.4 Å². The van der Waals surface area contributed by atoms with Crippen molar-refractivity contribution < 1.29 is 19.3 Å². The summed E-state index contributed by atoms with van der Waals surface area (Å²) in [5.74, 6) is 1.54. The molecule has 0 saturated carbocycles. The zero-order valence-electron chi connectivity index (χ0n) is 15.4. The molecule has 0 amide bonds. The molecule has 1 fully saturated rings. The summed E-state index contributed by atoms with van der Waals surface area (Å²) < 4.78 is 16.4. The van der Waals surface area contributed by atoms with Gasteiger partial charge in [-0.2, -0.15) is 0 Å². The fourth-order valence-corrected chi connectivity index (χ4v) is 4.19. The second kappa shape index (κ2) is 9.03. The molecular weight excluding hydrogens is 364 g/mol. The lowest BCUT2D eigenvalue weighted by molar-refractivity contribution is 0.000918. The summed E-state index contributed by atoms with van der Waals surface area (Å²) >= 11 is 1.82. The monoisotopic (exact) mass is 390 g/mol. The van der Waals surface area contributed by atoms with Gasteiger partial charge in [-0.15, -0.1) is 11.3 Å². The van der Waals surface area contributed by atoms with Gasteiger partial charge in [-0.3, -0.25) is 9.80 Å². The summed E-state index contributed by atoms with van der Waals surface area (Å²) in [5.41, 5.74) is 1.02. The normalized spacial score (nSPS) is 18.7. The third-order valence-corrected chi connectivity index (χ3v) is 5.77. The molecule has 1 aromatic carbocycles. The number of hydrogen-bond donors (Lipinski definition) is 1. The van der Waals surface area contributed by atoms with E-state index < -0.39 is 6.10 Å². The van der Waals surface area contributed by atoms with Gasteiger partial charge in [0.05, 0.1) is 19.3 Å². The predicted molar refractivity (Wildman–Crippen MR) is 104 cm³/mol. The highest BCUT2D eigenvalue weighted by Crippen LogP contribution is 2.32. The number of aliphatic hydroxyl groups is 1. The van der Waals surface area contributed by atoms with Gasteiger partial charge in [-0.05, 0) is 29.1 Å². The van der Waals surface area contributed by atoms with Gasteiger partial charge in [0.1, 0.15) is 0 Å². The van der Waals surface area contributed by atoms with Crippen LogP contribution in [0.2, 0.25) is 0 Å². The van der Waals surface area contributed by atoms with Crippen molar-refractivity contribution in [3.8, 4) is 11.5 Å². The lowest BCUT2D eigenvalue weighted by Crippen LogP contribution is -2.48. The van der Waals surface area contributed by atoms with Crippen LogP contribution in [0.4, 0.5) is 0 Å². The van der Waals surface area contributed by atoms with Crippen molar-refractivity contribution in [1.82, 2.24) is 9.80 Å². The molecule has 0 spiro atoms. The van der Waals surface area contributed by atoms with E-state index in [2.05, 4.69) is 27.3 Å². The Hall–Kier alpha value is -1.64. The summed E-state index contributed by atoms with van der Waals surface area (Å²) in [6.45, 7) is 6.84. The van der Waals surface area contributed by atoms with Crippen LogP contribution in [-0.4, -0.2) is 67.1 Å². The Morgan fingerprint density at radius 1 is 1.07 bits per heavy atom. The average molecular weight is 391 g/mol. The zero-order chi connectivity index (χ0) is 18.5. The van der Waals surface area contributed by atoms with Crippen molar-refractivity contribution in [2.24, 2.45) is 0 Å². The van der Waals surface area contributed by atoms with Gasteiger partial charge in [0.2, 0.25) is 6.79 Å². The lowest BCUT2D eigenvalue weighted by atomic mass is 10.2. The first-order valence-electron chi connectivity index (χ1n) is 9.38. The number of fused-ring (bicyclic) bond motifs is 1. The molecule has 2 aliphatic heterocycles. The van der Waals surface area contributed by atoms with Crippen molar-refractivity contribution >= 4 is 11.3 Å². The van der Waals surface area contributed by atoms with Crippen LogP contribution in [0.3, 0.4) is 0 Å². The van der Waals surface area contributed by atoms with E-state index in [0.717, 1.165) is 49.8 Å². The molecule has 1 N–H and O–H groups in total. The van der Waals surface area contributed by atoms with Gasteiger partial charge in [-0.1, -0.05) is 12.1 Å². The fraction of sp³-hybridized carbons (Fsp3) is 0.500. The molecule has 7 heteroatoms. The van der Waals surface area contributed by atoms with Gasteiger partial charge in [0.25, 0.3) is 0 Å². The van der Waals surface area contributed by atoms with E-state index in [1.54, 1.807) is 0 Å². The molecule has 1 unspecified atom stereocenters. The third kappa shape index (κ3) is 5.21. The number of benzene rings is 1. The van der Waals surface area contributed by atoms with Crippen molar-refractivity contribution in [3.63, 3.8) is 0 Å². The number of piperazine rings is 1. The van der Waals surface area contributed by atoms with Crippen molar-refractivity contribution in [2.45, 2.75) is 19.3 Å². The summed E-state index contributed by atoms with van der Waals surface area (Å²) in [7, 11) is 0. The number of thiophene rings is 1. The Labute approximate surface area is 163 Å². The Morgan fingerprint density at radius 3 is 2.70 bits per heavy atom. The maximum atomic E-state index is 10.3. The van der Waals surface area contributed by atoms with Crippen LogP contribution in [0, 0.1) is 0 Å². The van der Waals surface area contributed by atoms with Gasteiger partial charge in [-0.25, -0.2) is 0 Å². The first kappa shape index (κ1) is 18.7. The average Bonchev–Trinajstić information content (AvgIpc) is 3.34. The molecule has 27 heavy (non-hydrogen) atoms. The van der Waals surface area contributed by atoms with Gasteiger partial charge in [0, 0.05) is 44.1 Å². The van der Waals surface area contributed by atoms with Crippen molar-refractivity contribution in [2.75, 3.05) is 46.1 Å². The molecule has 1 atom stereocenters. The van der Waals surface area contributed by atoms with Crippen LogP contribution in [0.25, 0.3) is 0 Å². The zero-order valence-corrected chi connectivity index (χ0v) is 16.2. The Balaban J connectivity index is 1.13. The van der Waals surface area contributed by atoms with E-state index in [0.29, 0.717) is 19.8 Å². The summed E-state index contributed by atoms with van der Waals surface area (Å²) in [5, 5.41) is 12.4. The third-order valence-electron chi connectivity index (χ3n) is 4.91. The molecule has 0 aliphatic carbocycles. The van der Waals surface area contributed by atoms with Crippen molar-refractivity contribution in [3.05, 3.63) is 46.2 Å². The van der Waals surface area contributed by atoms with Gasteiger partial charge < -0.3 is 19.3 Å². The maximum absolute atomic E-state index is 10.3. The lowest BCUT2D eigenvalue weighted by Gasteiger charge is -2.35. The Kier molecular flexibility index (Phi) is 6.26. The number of aliphatic hydroxyl groups excluding tert-OH is 1. The van der Waals surface area contributed by atoms with Crippen LogP contribution in [0.5, 0.6) is 11.5 Å². The highest BCUT2D eigenvalue weighted by molar-refractivity contribution is 7.09. The number of ether oxygens (including phenoxy) is 3. The van der Waals surface area contributed by atoms with Crippen LogP contribution >= 0.6 is 11.3 Å².